The minimum Gasteiger partial charge on any atom is -0.341 e. The second-order valence-corrected chi connectivity index (χ2v) is 6.90. The van der Waals surface area contributed by atoms with Crippen LogP contribution in [0.1, 0.15) is 19.8 Å². The normalized spacial score (nSPS) is 15.5. The molecule has 0 N–H and O–H groups in total. The van der Waals surface area contributed by atoms with Gasteiger partial charge < -0.3 is 9.80 Å². The van der Waals surface area contributed by atoms with Crippen molar-refractivity contribution in [2.75, 3.05) is 31.9 Å². The van der Waals surface area contributed by atoms with Crippen molar-refractivity contribution in [1.82, 2.24) is 9.80 Å². The lowest BCUT2D eigenvalue weighted by molar-refractivity contribution is -0.132. The number of carbonyl (C=O) groups excluding carboxylic acids is 2. The van der Waals surface area contributed by atoms with Gasteiger partial charge in [-0.1, -0.05) is 11.6 Å². The Hall–Kier alpha value is -1.20. The second-order valence-electron chi connectivity index (χ2n) is 5.29. The van der Waals surface area contributed by atoms with Gasteiger partial charge in [-0.05, 0) is 30.7 Å². The maximum absolute atomic E-state index is 12.3. The van der Waals surface area contributed by atoms with Crippen LogP contribution in [0.5, 0.6) is 0 Å². The quantitative estimate of drug-likeness (QED) is 0.791. The number of nitrogens with zero attached hydrogens (tertiary/aromatic N) is 2. The zero-order valence-corrected chi connectivity index (χ0v) is 14.3. The van der Waals surface area contributed by atoms with E-state index in [9.17, 15) is 9.59 Å². The van der Waals surface area contributed by atoms with Gasteiger partial charge in [0, 0.05) is 55.2 Å². The predicted octanol–water partition coefficient (Wildman–Crippen LogP) is 2.90. The fourth-order valence-corrected chi connectivity index (χ4v) is 3.39. The predicted molar refractivity (Wildman–Crippen MR) is 90.2 cm³/mol. The lowest BCUT2D eigenvalue weighted by Crippen LogP contribution is -2.36. The summed E-state index contributed by atoms with van der Waals surface area (Å²) >= 11 is 7.51. The topological polar surface area (TPSA) is 40.6 Å². The van der Waals surface area contributed by atoms with Gasteiger partial charge in [-0.25, -0.2) is 0 Å². The molecule has 1 saturated heterocycles. The van der Waals surface area contributed by atoms with Gasteiger partial charge in [0.15, 0.2) is 0 Å². The van der Waals surface area contributed by atoms with Gasteiger partial charge in [0.2, 0.25) is 11.8 Å². The van der Waals surface area contributed by atoms with Crippen LogP contribution in [0.4, 0.5) is 0 Å². The highest BCUT2D eigenvalue weighted by molar-refractivity contribution is 7.99. The fraction of sp³-hybridized carbons (Fsp3) is 0.500. The van der Waals surface area contributed by atoms with Crippen molar-refractivity contribution in [2.45, 2.75) is 24.7 Å². The maximum Gasteiger partial charge on any atom is 0.223 e. The molecular formula is C16H21ClN2O2S. The third-order valence-corrected chi connectivity index (χ3v) is 4.96. The number of hydrogen-bond acceptors (Lipinski definition) is 3. The lowest BCUT2D eigenvalue weighted by Gasteiger charge is -2.21. The Bertz CT molecular complexity index is 521. The minimum absolute atomic E-state index is 0.0904. The summed E-state index contributed by atoms with van der Waals surface area (Å²) in [7, 11) is 0. The van der Waals surface area contributed by atoms with Gasteiger partial charge in [-0.2, -0.15) is 0 Å². The molecule has 120 valence electrons. The van der Waals surface area contributed by atoms with Crippen molar-refractivity contribution in [2.24, 2.45) is 0 Å². The van der Waals surface area contributed by atoms with Crippen molar-refractivity contribution in [3.8, 4) is 0 Å². The Labute approximate surface area is 140 Å². The molecule has 1 aromatic rings. The molecule has 1 fully saturated rings. The summed E-state index contributed by atoms with van der Waals surface area (Å²) in [5.41, 5.74) is 0. The number of benzene rings is 1. The number of halogens is 1. The first-order chi connectivity index (χ1) is 10.6. The molecule has 0 radical (unpaired) electrons. The van der Waals surface area contributed by atoms with Crippen LogP contribution >= 0.6 is 23.4 Å². The molecular weight excluding hydrogens is 320 g/mol. The van der Waals surface area contributed by atoms with Gasteiger partial charge in [0.1, 0.15) is 0 Å². The molecule has 1 heterocycles. The van der Waals surface area contributed by atoms with Crippen molar-refractivity contribution < 1.29 is 9.59 Å². The highest BCUT2D eigenvalue weighted by Gasteiger charge is 2.19. The molecule has 0 unspecified atom stereocenters. The summed E-state index contributed by atoms with van der Waals surface area (Å²) in [6.45, 7) is 4.36. The molecule has 6 heteroatoms. The summed E-state index contributed by atoms with van der Waals surface area (Å²) in [5.74, 6) is 1.02. The number of amides is 2. The van der Waals surface area contributed by atoms with Crippen LogP contribution in [0.3, 0.4) is 0 Å². The highest BCUT2D eigenvalue weighted by Crippen LogP contribution is 2.21. The highest BCUT2D eigenvalue weighted by atomic mass is 35.5. The van der Waals surface area contributed by atoms with Crippen LogP contribution in [-0.4, -0.2) is 53.5 Å². The smallest absolute Gasteiger partial charge is 0.223 e. The second kappa shape index (κ2) is 8.44. The van der Waals surface area contributed by atoms with Crippen LogP contribution in [0.2, 0.25) is 5.02 Å². The van der Waals surface area contributed by atoms with Gasteiger partial charge in [-0.15, -0.1) is 11.8 Å². The van der Waals surface area contributed by atoms with E-state index in [1.165, 1.54) is 0 Å². The Morgan fingerprint density at radius 3 is 2.41 bits per heavy atom. The molecule has 2 amide bonds. The first-order valence-electron chi connectivity index (χ1n) is 7.48. The molecule has 1 aliphatic heterocycles. The van der Waals surface area contributed by atoms with Gasteiger partial charge >= 0.3 is 0 Å². The largest absolute Gasteiger partial charge is 0.341 e. The van der Waals surface area contributed by atoms with Crippen LogP contribution in [0, 0.1) is 0 Å². The van der Waals surface area contributed by atoms with E-state index in [2.05, 4.69) is 0 Å². The molecule has 0 bridgehead atoms. The van der Waals surface area contributed by atoms with Crippen LogP contribution in [-0.2, 0) is 9.59 Å². The lowest BCUT2D eigenvalue weighted by atomic mass is 10.3. The Balaban J connectivity index is 1.75. The average molecular weight is 341 g/mol. The molecule has 2 rings (SSSR count). The van der Waals surface area contributed by atoms with Gasteiger partial charge in [-0.3, -0.25) is 9.59 Å². The summed E-state index contributed by atoms with van der Waals surface area (Å²) in [6, 6.07) is 7.65. The summed E-state index contributed by atoms with van der Waals surface area (Å²) in [6.07, 6.45) is 1.38. The molecule has 4 nitrogen and oxygen atoms in total. The molecule has 0 aliphatic carbocycles. The first kappa shape index (κ1) is 17.2. The molecule has 22 heavy (non-hydrogen) atoms. The van der Waals surface area contributed by atoms with Crippen molar-refractivity contribution >= 4 is 35.2 Å². The molecule has 0 atom stereocenters. The maximum atomic E-state index is 12.3. The third kappa shape index (κ3) is 5.21. The van der Waals surface area contributed by atoms with E-state index in [0.29, 0.717) is 19.5 Å². The molecule has 0 aromatic heterocycles. The number of hydrogen-bond donors (Lipinski definition) is 0. The Kier molecular flexibility index (Phi) is 6.58. The third-order valence-electron chi connectivity index (χ3n) is 3.69. The van der Waals surface area contributed by atoms with Gasteiger partial charge in [0.25, 0.3) is 0 Å². The number of rotatable bonds is 4. The molecule has 1 aliphatic rings. The van der Waals surface area contributed by atoms with E-state index in [-0.39, 0.29) is 11.8 Å². The Morgan fingerprint density at radius 2 is 1.73 bits per heavy atom. The standard InChI is InChI=1S/C16H21ClN2O2S/c1-13(20)18-8-2-9-19(11-10-18)16(21)7-12-22-15-5-3-14(17)4-6-15/h3-6H,2,7-12H2,1H3. The summed E-state index contributed by atoms with van der Waals surface area (Å²) in [4.78, 5) is 28.5. The minimum atomic E-state index is 0.0904. The van der Waals surface area contributed by atoms with Crippen LogP contribution in [0.25, 0.3) is 0 Å². The zero-order chi connectivity index (χ0) is 15.9. The fourth-order valence-electron chi connectivity index (χ4n) is 2.43. The number of carbonyl (C=O) groups is 2. The van der Waals surface area contributed by atoms with Crippen molar-refractivity contribution in [3.05, 3.63) is 29.3 Å². The van der Waals surface area contributed by atoms with E-state index in [0.717, 1.165) is 35.2 Å². The zero-order valence-electron chi connectivity index (χ0n) is 12.8. The summed E-state index contributed by atoms with van der Waals surface area (Å²) < 4.78 is 0. The molecule has 0 saturated carbocycles. The van der Waals surface area contributed by atoms with Gasteiger partial charge in [0.05, 0.1) is 0 Å². The molecule has 1 aromatic carbocycles. The van der Waals surface area contributed by atoms with E-state index in [4.69, 9.17) is 11.6 Å². The first-order valence-corrected chi connectivity index (χ1v) is 8.84. The van der Waals surface area contributed by atoms with Crippen molar-refractivity contribution in [1.29, 1.82) is 0 Å². The van der Waals surface area contributed by atoms with Crippen LogP contribution < -0.4 is 0 Å². The van der Waals surface area contributed by atoms with Crippen molar-refractivity contribution in [3.63, 3.8) is 0 Å². The Morgan fingerprint density at radius 1 is 1.09 bits per heavy atom. The monoisotopic (exact) mass is 340 g/mol. The summed E-state index contributed by atoms with van der Waals surface area (Å²) in [5, 5.41) is 0.722. The molecule has 0 spiro atoms. The van der Waals surface area contributed by atoms with E-state index in [1.807, 2.05) is 34.1 Å². The van der Waals surface area contributed by atoms with E-state index >= 15 is 0 Å². The number of thioether (sulfide) groups is 1. The SMILES string of the molecule is CC(=O)N1CCCN(C(=O)CCSc2ccc(Cl)cc2)CC1. The van der Waals surface area contributed by atoms with Crippen LogP contribution in [0.15, 0.2) is 29.2 Å². The average Bonchev–Trinajstić information content (AvgIpc) is 2.75. The van der Waals surface area contributed by atoms with E-state index in [1.54, 1.807) is 18.7 Å². The van der Waals surface area contributed by atoms with E-state index < -0.39 is 0 Å².